The highest BCUT2D eigenvalue weighted by Crippen LogP contribution is 2.17. The average Bonchev–Trinajstić information content (AvgIpc) is 3.18. The molecule has 0 aromatic heterocycles. The third-order valence-electron chi connectivity index (χ3n) is 11.6. The molecule has 0 spiro atoms. The monoisotopic (exact) mass is 764 g/mol. The van der Waals surface area contributed by atoms with Crippen molar-refractivity contribution in [3.63, 3.8) is 0 Å². The summed E-state index contributed by atoms with van der Waals surface area (Å²) in [5.41, 5.74) is 0. The van der Waals surface area contributed by atoms with Crippen LogP contribution in [0.15, 0.2) is 12.2 Å². The number of allylic oxidation sites excluding steroid dienone is 2. The van der Waals surface area contributed by atoms with Gasteiger partial charge in [0.05, 0.1) is 18.8 Å². The molecule has 0 bridgehead atoms. The Kier molecular flexibility index (Phi) is 44.0. The second-order valence-electron chi connectivity index (χ2n) is 17.0. The minimum atomic E-state index is -1.07. The normalized spacial score (nSPS) is 13.5. The fourth-order valence-corrected chi connectivity index (χ4v) is 7.78. The van der Waals surface area contributed by atoms with Gasteiger partial charge in [-0.1, -0.05) is 244 Å². The molecule has 5 heteroatoms. The van der Waals surface area contributed by atoms with Crippen LogP contribution in [-0.2, 0) is 4.79 Å². The molecule has 5 nitrogen and oxygen atoms in total. The molecule has 3 unspecified atom stereocenters. The summed E-state index contributed by atoms with van der Waals surface area (Å²) in [6, 6.07) is -0.710. The fraction of sp³-hybridized carbons (Fsp3) is 0.939. The van der Waals surface area contributed by atoms with Crippen LogP contribution in [0.4, 0.5) is 0 Å². The van der Waals surface area contributed by atoms with Gasteiger partial charge in [-0.3, -0.25) is 4.79 Å². The summed E-state index contributed by atoms with van der Waals surface area (Å²) in [6.07, 6.45) is 53.7. The van der Waals surface area contributed by atoms with Gasteiger partial charge in [-0.15, -0.1) is 0 Å². The number of unbranched alkanes of at least 4 members (excludes halogenated alkanes) is 35. The van der Waals surface area contributed by atoms with Crippen molar-refractivity contribution < 1.29 is 20.1 Å². The molecule has 0 aliphatic heterocycles. The largest absolute Gasteiger partial charge is 0.394 e. The van der Waals surface area contributed by atoms with E-state index in [0.717, 1.165) is 32.1 Å². The maximum atomic E-state index is 12.5. The van der Waals surface area contributed by atoms with E-state index in [9.17, 15) is 20.1 Å². The van der Waals surface area contributed by atoms with Gasteiger partial charge in [0, 0.05) is 0 Å². The van der Waals surface area contributed by atoms with Crippen molar-refractivity contribution >= 4 is 5.91 Å². The van der Waals surface area contributed by atoms with Crippen LogP contribution in [0, 0.1) is 0 Å². The molecule has 0 rings (SSSR count). The molecule has 3 atom stereocenters. The first-order valence-electron chi connectivity index (χ1n) is 24.5. The predicted molar refractivity (Wildman–Crippen MR) is 236 cm³/mol. The fourth-order valence-electron chi connectivity index (χ4n) is 7.78. The van der Waals surface area contributed by atoms with Crippen LogP contribution in [0.1, 0.15) is 271 Å². The number of amides is 1. The Morgan fingerprint density at radius 3 is 1.02 bits per heavy atom. The molecule has 0 radical (unpaired) electrons. The Morgan fingerprint density at radius 1 is 0.426 bits per heavy atom. The molecular formula is C49H97NO4. The average molecular weight is 764 g/mol. The first-order chi connectivity index (χ1) is 26.6. The summed E-state index contributed by atoms with van der Waals surface area (Å²) in [4.78, 5) is 12.5. The van der Waals surface area contributed by atoms with E-state index in [1.807, 2.05) is 0 Å². The van der Waals surface area contributed by atoms with Crippen molar-refractivity contribution in [2.75, 3.05) is 6.61 Å². The number of nitrogens with one attached hydrogen (secondary N) is 1. The van der Waals surface area contributed by atoms with Crippen LogP contribution in [0.5, 0.6) is 0 Å². The Labute approximate surface area is 338 Å². The van der Waals surface area contributed by atoms with Crippen LogP contribution in [0.2, 0.25) is 0 Å². The minimum absolute atomic E-state index is 0.311. The number of hydrogen-bond donors (Lipinski definition) is 4. The molecule has 0 saturated carbocycles. The molecule has 0 aliphatic rings. The SMILES string of the molecule is CCCCCCCCCCCCCC/C=C\CCCCCCCCCCC(O)C(=O)NC(CO)C(O)CCCCCCCCCCCCCCCCCC. The Balaban J connectivity index is 3.56. The lowest BCUT2D eigenvalue weighted by Gasteiger charge is -2.23. The Bertz CT molecular complexity index is 758. The third kappa shape index (κ3) is 39.3. The van der Waals surface area contributed by atoms with Gasteiger partial charge >= 0.3 is 0 Å². The maximum Gasteiger partial charge on any atom is 0.249 e. The zero-order valence-corrected chi connectivity index (χ0v) is 36.6. The highest BCUT2D eigenvalue weighted by atomic mass is 16.3. The first kappa shape index (κ1) is 53.1. The first-order valence-corrected chi connectivity index (χ1v) is 24.5. The number of aliphatic hydroxyl groups excluding tert-OH is 3. The van der Waals surface area contributed by atoms with Gasteiger partial charge in [0.15, 0.2) is 0 Å². The van der Waals surface area contributed by atoms with Gasteiger partial charge in [0.2, 0.25) is 5.91 Å². The molecule has 0 aromatic carbocycles. The predicted octanol–water partition coefficient (Wildman–Crippen LogP) is 14.4. The number of carbonyl (C=O) groups is 1. The second kappa shape index (κ2) is 44.8. The summed E-state index contributed by atoms with van der Waals surface area (Å²) < 4.78 is 0. The summed E-state index contributed by atoms with van der Waals surface area (Å²) in [5.74, 6) is -0.469. The Hall–Kier alpha value is -0.910. The smallest absolute Gasteiger partial charge is 0.249 e. The summed E-state index contributed by atoms with van der Waals surface area (Å²) in [5, 5.41) is 33.4. The summed E-state index contributed by atoms with van der Waals surface area (Å²) in [7, 11) is 0. The zero-order chi connectivity index (χ0) is 39.4. The van der Waals surface area contributed by atoms with Crippen LogP contribution in [0.3, 0.4) is 0 Å². The maximum absolute atomic E-state index is 12.5. The van der Waals surface area contributed by atoms with Crippen molar-refractivity contribution in [2.24, 2.45) is 0 Å². The Morgan fingerprint density at radius 2 is 0.704 bits per heavy atom. The van der Waals surface area contributed by atoms with Crippen molar-refractivity contribution in [3.8, 4) is 0 Å². The third-order valence-corrected chi connectivity index (χ3v) is 11.6. The van der Waals surface area contributed by atoms with Crippen molar-refractivity contribution in [1.29, 1.82) is 0 Å². The lowest BCUT2D eigenvalue weighted by atomic mass is 10.0. The molecule has 4 N–H and O–H groups in total. The quantitative estimate of drug-likeness (QED) is 0.0367. The van der Waals surface area contributed by atoms with Crippen LogP contribution >= 0.6 is 0 Å². The second-order valence-corrected chi connectivity index (χ2v) is 17.0. The van der Waals surface area contributed by atoms with Crippen LogP contribution in [0.25, 0.3) is 0 Å². The molecular weight excluding hydrogens is 667 g/mol. The lowest BCUT2D eigenvalue weighted by molar-refractivity contribution is -0.131. The van der Waals surface area contributed by atoms with E-state index in [2.05, 4.69) is 31.3 Å². The molecule has 0 aromatic rings. The molecule has 0 aliphatic carbocycles. The van der Waals surface area contributed by atoms with Crippen molar-refractivity contribution in [2.45, 2.75) is 289 Å². The zero-order valence-electron chi connectivity index (χ0n) is 36.6. The van der Waals surface area contributed by atoms with E-state index in [4.69, 9.17) is 0 Å². The lowest BCUT2D eigenvalue weighted by Crippen LogP contribution is -2.49. The van der Waals surface area contributed by atoms with Gasteiger partial charge < -0.3 is 20.6 Å². The molecule has 54 heavy (non-hydrogen) atoms. The van der Waals surface area contributed by atoms with E-state index in [-0.39, 0.29) is 6.61 Å². The molecule has 322 valence electrons. The van der Waals surface area contributed by atoms with Gasteiger partial charge in [-0.2, -0.15) is 0 Å². The van der Waals surface area contributed by atoms with Gasteiger partial charge in [0.25, 0.3) is 0 Å². The van der Waals surface area contributed by atoms with Crippen molar-refractivity contribution in [1.82, 2.24) is 5.32 Å². The van der Waals surface area contributed by atoms with E-state index in [1.54, 1.807) is 0 Å². The van der Waals surface area contributed by atoms with E-state index >= 15 is 0 Å². The highest BCUT2D eigenvalue weighted by molar-refractivity contribution is 5.80. The van der Waals surface area contributed by atoms with Gasteiger partial charge in [-0.05, 0) is 38.5 Å². The van der Waals surface area contributed by atoms with Crippen molar-refractivity contribution in [3.05, 3.63) is 12.2 Å². The number of carbonyl (C=O) groups excluding carboxylic acids is 1. The number of aliphatic hydroxyl groups is 3. The summed E-state index contributed by atoms with van der Waals surface area (Å²) >= 11 is 0. The van der Waals surface area contributed by atoms with E-state index in [1.165, 1.54) is 212 Å². The minimum Gasteiger partial charge on any atom is -0.394 e. The standard InChI is InChI=1S/C49H97NO4/c1-3-5-7-9-11-13-15-17-19-21-22-23-24-25-26-27-28-30-32-34-36-38-40-42-44-48(53)49(54)50-46(45-51)47(52)43-41-39-37-35-33-31-29-20-18-16-14-12-10-8-6-4-2/h25-26,46-48,51-53H,3-24,27-45H2,1-2H3,(H,50,54)/b26-25-. The van der Waals surface area contributed by atoms with Gasteiger partial charge in [-0.25, -0.2) is 0 Å². The molecule has 0 heterocycles. The van der Waals surface area contributed by atoms with Gasteiger partial charge in [0.1, 0.15) is 6.10 Å². The van der Waals surface area contributed by atoms with E-state index in [0.29, 0.717) is 12.8 Å². The molecule has 1 amide bonds. The number of hydrogen-bond acceptors (Lipinski definition) is 4. The highest BCUT2D eigenvalue weighted by Gasteiger charge is 2.23. The molecule has 0 saturated heterocycles. The molecule has 0 fully saturated rings. The van der Waals surface area contributed by atoms with E-state index < -0.39 is 24.2 Å². The van der Waals surface area contributed by atoms with Crippen LogP contribution in [-0.4, -0.2) is 46.1 Å². The topological polar surface area (TPSA) is 89.8 Å². The summed E-state index contributed by atoms with van der Waals surface area (Å²) in [6.45, 7) is 4.25. The number of rotatable bonds is 45. The van der Waals surface area contributed by atoms with Crippen LogP contribution < -0.4 is 5.32 Å².